The van der Waals surface area contributed by atoms with Gasteiger partial charge in [-0.05, 0) is 19.4 Å². The Bertz CT molecular complexity index is 735. The van der Waals surface area contributed by atoms with Gasteiger partial charge in [0.2, 0.25) is 0 Å². The van der Waals surface area contributed by atoms with Gasteiger partial charge in [0.15, 0.2) is 5.65 Å². The highest BCUT2D eigenvalue weighted by atomic mass is 16.5. The molecule has 1 aliphatic rings. The van der Waals surface area contributed by atoms with Crippen LogP contribution in [0.2, 0.25) is 0 Å². The molecule has 0 saturated carbocycles. The van der Waals surface area contributed by atoms with Gasteiger partial charge in [-0.2, -0.15) is 0 Å². The average molecular weight is 290 g/mol. The van der Waals surface area contributed by atoms with E-state index in [0.29, 0.717) is 36.5 Å². The van der Waals surface area contributed by atoms with E-state index in [4.69, 9.17) is 4.74 Å². The molecule has 0 aliphatic carbocycles. The molecule has 1 fully saturated rings. The Balaban J connectivity index is 1.96. The zero-order valence-electron chi connectivity index (χ0n) is 12.1. The first-order chi connectivity index (χ1) is 10.0. The molecule has 2 N–H and O–H groups in total. The average Bonchev–Trinajstić information content (AvgIpc) is 2.86. The third-order valence-electron chi connectivity index (χ3n) is 4.15. The molecule has 1 atom stereocenters. The minimum Gasteiger partial charge on any atom is -0.377 e. The number of hydrogen-bond donors (Lipinski definition) is 2. The molecule has 0 bridgehead atoms. The number of morpholine rings is 1. The third kappa shape index (κ3) is 2.33. The Morgan fingerprint density at radius 2 is 2.33 bits per heavy atom. The Labute approximate surface area is 121 Å². The molecule has 3 heterocycles. The van der Waals surface area contributed by atoms with Crippen LogP contribution in [0.1, 0.15) is 30.6 Å². The number of fused-ring (bicyclic) bond motifs is 1. The first-order valence-electron chi connectivity index (χ1n) is 7.01. The van der Waals surface area contributed by atoms with Crippen LogP contribution in [-0.2, 0) is 4.74 Å². The number of rotatable bonds is 2. The Morgan fingerprint density at radius 3 is 3.10 bits per heavy atom. The molecule has 2 aromatic heterocycles. The largest absolute Gasteiger partial charge is 0.377 e. The summed E-state index contributed by atoms with van der Waals surface area (Å²) < 4.78 is 5.50. The second-order valence-electron chi connectivity index (χ2n) is 5.56. The number of aromatic amines is 2. The van der Waals surface area contributed by atoms with E-state index in [9.17, 15) is 9.59 Å². The summed E-state index contributed by atoms with van der Waals surface area (Å²) in [6.07, 6.45) is 2.31. The van der Waals surface area contributed by atoms with Gasteiger partial charge in [0.1, 0.15) is 0 Å². The van der Waals surface area contributed by atoms with E-state index < -0.39 is 0 Å². The fourth-order valence-corrected chi connectivity index (χ4v) is 2.63. The van der Waals surface area contributed by atoms with Gasteiger partial charge in [-0.15, -0.1) is 0 Å². The van der Waals surface area contributed by atoms with Crippen molar-refractivity contribution in [3.8, 4) is 0 Å². The molecule has 21 heavy (non-hydrogen) atoms. The third-order valence-corrected chi connectivity index (χ3v) is 4.15. The van der Waals surface area contributed by atoms with Crippen molar-refractivity contribution in [2.45, 2.75) is 25.8 Å². The summed E-state index contributed by atoms with van der Waals surface area (Å²) in [5, 5.41) is 0. The molecule has 7 heteroatoms. The van der Waals surface area contributed by atoms with Gasteiger partial charge in [-0.3, -0.25) is 9.78 Å². The van der Waals surface area contributed by atoms with Crippen LogP contribution in [0, 0.1) is 0 Å². The monoisotopic (exact) mass is 290 g/mol. The lowest BCUT2D eigenvalue weighted by Gasteiger charge is -2.44. The van der Waals surface area contributed by atoms with Crippen LogP contribution in [0.25, 0.3) is 11.2 Å². The van der Waals surface area contributed by atoms with E-state index in [1.165, 1.54) is 6.20 Å². The van der Waals surface area contributed by atoms with Crippen molar-refractivity contribution >= 4 is 17.1 Å². The van der Waals surface area contributed by atoms with E-state index in [0.717, 1.165) is 6.42 Å². The number of hydrogen-bond acceptors (Lipinski definition) is 4. The number of H-pyrrole nitrogens is 2. The van der Waals surface area contributed by atoms with Crippen molar-refractivity contribution in [3.05, 3.63) is 28.3 Å². The van der Waals surface area contributed by atoms with Crippen molar-refractivity contribution in [2.24, 2.45) is 0 Å². The number of amides is 1. The predicted octanol–water partition coefficient (Wildman–Crippen LogP) is 0.892. The Hall–Kier alpha value is -2.15. The minimum atomic E-state index is -0.327. The number of carbonyl (C=O) groups excluding carboxylic acids is 1. The molecule has 1 amide bonds. The number of ether oxygens (including phenoxy) is 1. The maximum Gasteiger partial charge on any atom is 0.325 e. The van der Waals surface area contributed by atoms with Gasteiger partial charge < -0.3 is 14.6 Å². The number of aromatic nitrogens is 3. The predicted molar refractivity (Wildman–Crippen MR) is 77.3 cm³/mol. The maximum atomic E-state index is 12.8. The first kappa shape index (κ1) is 13.8. The lowest BCUT2D eigenvalue weighted by atomic mass is 9.95. The molecular weight excluding hydrogens is 272 g/mol. The second kappa shape index (κ2) is 5.00. The van der Waals surface area contributed by atoms with Crippen LogP contribution < -0.4 is 5.69 Å². The summed E-state index contributed by atoms with van der Waals surface area (Å²) in [6.45, 7) is 5.70. The normalized spacial score (nSPS) is 22.7. The van der Waals surface area contributed by atoms with E-state index in [1.807, 2.05) is 18.7 Å². The lowest BCUT2D eigenvalue weighted by Crippen LogP contribution is -2.57. The van der Waals surface area contributed by atoms with Crippen molar-refractivity contribution in [1.82, 2.24) is 19.9 Å². The Kier molecular flexibility index (Phi) is 3.29. The highest BCUT2D eigenvalue weighted by Gasteiger charge is 2.37. The molecule has 1 unspecified atom stereocenters. The molecule has 0 radical (unpaired) electrons. The zero-order chi connectivity index (χ0) is 15.0. The molecule has 0 spiro atoms. The Morgan fingerprint density at radius 1 is 1.52 bits per heavy atom. The highest BCUT2D eigenvalue weighted by Crippen LogP contribution is 2.25. The molecule has 3 rings (SSSR count). The molecule has 1 aliphatic heterocycles. The quantitative estimate of drug-likeness (QED) is 0.859. The summed E-state index contributed by atoms with van der Waals surface area (Å²) >= 11 is 0. The van der Waals surface area contributed by atoms with E-state index >= 15 is 0 Å². The van der Waals surface area contributed by atoms with Crippen LogP contribution in [0.4, 0.5) is 0 Å². The van der Waals surface area contributed by atoms with Gasteiger partial charge in [0.25, 0.3) is 5.91 Å². The highest BCUT2D eigenvalue weighted by molar-refractivity contribution is 5.96. The molecule has 0 aromatic carbocycles. The van der Waals surface area contributed by atoms with Crippen molar-refractivity contribution < 1.29 is 9.53 Å². The number of carbonyl (C=O) groups is 1. The van der Waals surface area contributed by atoms with E-state index in [2.05, 4.69) is 15.0 Å². The van der Waals surface area contributed by atoms with Gasteiger partial charge in [-0.1, -0.05) is 6.92 Å². The molecule has 1 saturated heterocycles. The van der Waals surface area contributed by atoms with Gasteiger partial charge in [0, 0.05) is 12.7 Å². The summed E-state index contributed by atoms with van der Waals surface area (Å²) in [5.41, 5.74) is 0.829. The van der Waals surface area contributed by atoms with Gasteiger partial charge in [-0.25, -0.2) is 9.78 Å². The topological polar surface area (TPSA) is 91.1 Å². The standard InChI is InChI=1S/C14H18N4O3/c1-3-14(2)8-21-5-4-18(14)12(19)9-6-10-11(15-7-9)17-13(20)16-10/h6-7H,3-5,8H2,1-2H3,(H2,15,16,17,20). The molecule has 2 aromatic rings. The summed E-state index contributed by atoms with van der Waals surface area (Å²) in [4.78, 5) is 35.2. The fraction of sp³-hybridized carbons (Fsp3) is 0.500. The first-order valence-corrected chi connectivity index (χ1v) is 7.01. The van der Waals surface area contributed by atoms with Crippen molar-refractivity contribution in [1.29, 1.82) is 0 Å². The smallest absolute Gasteiger partial charge is 0.325 e. The second-order valence-corrected chi connectivity index (χ2v) is 5.56. The fourth-order valence-electron chi connectivity index (χ4n) is 2.63. The molecule has 7 nitrogen and oxygen atoms in total. The van der Waals surface area contributed by atoms with E-state index in [-0.39, 0.29) is 17.1 Å². The summed E-state index contributed by atoms with van der Waals surface area (Å²) in [6, 6.07) is 1.66. The van der Waals surface area contributed by atoms with Crippen molar-refractivity contribution in [3.63, 3.8) is 0 Å². The summed E-state index contributed by atoms with van der Waals surface area (Å²) in [5.74, 6) is -0.0842. The minimum absolute atomic E-state index is 0.0842. The van der Waals surface area contributed by atoms with Crippen LogP contribution in [0.5, 0.6) is 0 Å². The van der Waals surface area contributed by atoms with Crippen LogP contribution >= 0.6 is 0 Å². The van der Waals surface area contributed by atoms with Crippen LogP contribution in [-0.4, -0.2) is 51.1 Å². The molecule has 112 valence electrons. The van der Waals surface area contributed by atoms with Gasteiger partial charge >= 0.3 is 5.69 Å². The number of nitrogens with zero attached hydrogens (tertiary/aromatic N) is 2. The van der Waals surface area contributed by atoms with Crippen LogP contribution in [0.3, 0.4) is 0 Å². The molecular formula is C14H18N4O3. The zero-order valence-corrected chi connectivity index (χ0v) is 12.1. The lowest BCUT2D eigenvalue weighted by molar-refractivity contribution is -0.0465. The van der Waals surface area contributed by atoms with Gasteiger partial charge in [0.05, 0.1) is 29.8 Å². The van der Waals surface area contributed by atoms with E-state index in [1.54, 1.807) is 6.07 Å². The number of nitrogens with one attached hydrogen (secondary N) is 2. The van der Waals surface area contributed by atoms with Crippen LogP contribution in [0.15, 0.2) is 17.1 Å². The maximum absolute atomic E-state index is 12.8. The number of imidazole rings is 1. The SMILES string of the molecule is CCC1(C)COCCN1C(=O)c1cnc2[nH]c(=O)[nH]c2c1. The number of pyridine rings is 1. The van der Waals surface area contributed by atoms with Crippen molar-refractivity contribution in [2.75, 3.05) is 19.8 Å². The summed E-state index contributed by atoms with van der Waals surface area (Å²) in [7, 11) is 0.